The molecule has 0 atom stereocenters. The largest absolute Gasteiger partial charge is 0.319 e. The first kappa shape index (κ1) is 17.2. The van der Waals surface area contributed by atoms with Gasteiger partial charge in [0.2, 0.25) is 0 Å². The highest BCUT2D eigenvalue weighted by Crippen LogP contribution is 2.27. The molecule has 2 aromatic carbocycles. The van der Waals surface area contributed by atoms with E-state index in [1.807, 2.05) is 0 Å². The molecule has 0 fully saturated rings. The molecule has 0 unspecified atom stereocenters. The summed E-state index contributed by atoms with van der Waals surface area (Å²) in [5.41, 5.74) is 0.0101. The quantitative estimate of drug-likeness (QED) is 0.691. The van der Waals surface area contributed by atoms with Crippen LogP contribution in [0.5, 0.6) is 0 Å². The van der Waals surface area contributed by atoms with Crippen molar-refractivity contribution in [2.24, 2.45) is 7.05 Å². The number of nitrogens with zero attached hydrogens (tertiary/aromatic N) is 2. The van der Waals surface area contributed by atoms with Crippen LogP contribution in [0, 0.1) is 17.5 Å². The van der Waals surface area contributed by atoms with E-state index in [1.165, 1.54) is 35.1 Å². The molecule has 0 bridgehead atoms. The Morgan fingerprint density at radius 2 is 1.88 bits per heavy atom. The van der Waals surface area contributed by atoms with Crippen LogP contribution >= 0.6 is 15.9 Å². The van der Waals surface area contributed by atoms with Gasteiger partial charge in [-0.15, -0.1) is 0 Å². The molecule has 3 rings (SSSR count). The van der Waals surface area contributed by atoms with Crippen molar-refractivity contribution in [1.82, 2.24) is 9.78 Å². The van der Waals surface area contributed by atoms with Gasteiger partial charge in [-0.1, -0.05) is 15.9 Å². The Bertz CT molecular complexity index is 972. The van der Waals surface area contributed by atoms with Crippen LogP contribution in [-0.2, 0) is 7.05 Å². The average molecular weight is 410 g/mol. The number of hydrogen-bond donors (Lipinski definition) is 1. The number of halogens is 4. The second-order valence-electron chi connectivity index (χ2n) is 5.27. The number of aryl methyl sites for hydroxylation is 1. The van der Waals surface area contributed by atoms with E-state index in [2.05, 4.69) is 26.3 Å². The van der Waals surface area contributed by atoms with Crippen LogP contribution in [0.15, 0.2) is 47.1 Å². The van der Waals surface area contributed by atoms with Gasteiger partial charge in [0.05, 0.1) is 11.3 Å². The lowest BCUT2D eigenvalue weighted by atomic mass is 10.1. The van der Waals surface area contributed by atoms with Crippen LogP contribution in [0.4, 0.5) is 18.9 Å². The molecule has 0 aliphatic carbocycles. The number of benzene rings is 2. The lowest BCUT2D eigenvalue weighted by Gasteiger charge is -2.07. The number of aromatic nitrogens is 2. The third kappa shape index (κ3) is 3.58. The molecule has 8 heteroatoms. The van der Waals surface area contributed by atoms with Gasteiger partial charge in [-0.05, 0) is 30.3 Å². The van der Waals surface area contributed by atoms with Gasteiger partial charge in [0.25, 0.3) is 5.91 Å². The first-order chi connectivity index (χ1) is 11.8. The molecule has 1 heterocycles. The molecule has 0 aliphatic rings. The van der Waals surface area contributed by atoms with Gasteiger partial charge in [0, 0.05) is 29.3 Å². The molecule has 4 nitrogen and oxygen atoms in total. The summed E-state index contributed by atoms with van der Waals surface area (Å²) < 4.78 is 42.9. The SMILES string of the molecule is Cn1cc(C(=O)Nc2cc(Br)ccc2F)c(-c2ccc(F)cc2F)n1. The zero-order valence-electron chi connectivity index (χ0n) is 12.9. The standard InChI is InChI=1S/C17H11BrF3N3O/c1-24-8-12(16(23-24)11-4-3-10(19)7-14(11)21)17(25)22-15-6-9(18)2-5-13(15)20/h2-8H,1H3,(H,22,25). The molecule has 3 aromatic rings. The molecule has 1 N–H and O–H groups in total. The van der Waals surface area contributed by atoms with E-state index >= 15 is 0 Å². The number of amides is 1. The molecule has 0 saturated carbocycles. The summed E-state index contributed by atoms with van der Waals surface area (Å²) in [6.45, 7) is 0. The highest BCUT2D eigenvalue weighted by atomic mass is 79.9. The maximum absolute atomic E-state index is 14.0. The third-order valence-electron chi connectivity index (χ3n) is 3.44. The Balaban J connectivity index is 2.00. The number of rotatable bonds is 3. The van der Waals surface area contributed by atoms with Gasteiger partial charge in [0.1, 0.15) is 23.1 Å². The van der Waals surface area contributed by atoms with E-state index in [0.717, 1.165) is 6.07 Å². The molecule has 0 radical (unpaired) electrons. The molecule has 1 amide bonds. The van der Waals surface area contributed by atoms with Gasteiger partial charge >= 0.3 is 0 Å². The Kier molecular flexibility index (Phi) is 4.63. The van der Waals surface area contributed by atoms with Crippen molar-refractivity contribution >= 4 is 27.5 Å². The van der Waals surface area contributed by atoms with Crippen molar-refractivity contribution < 1.29 is 18.0 Å². The second kappa shape index (κ2) is 6.72. The molecule has 128 valence electrons. The van der Waals surface area contributed by atoms with E-state index in [1.54, 1.807) is 7.05 Å². The Hall–Kier alpha value is -2.61. The fourth-order valence-electron chi connectivity index (χ4n) is 2.32. The lowest BCUT2D eigenvalue weighted by molar-refractivity contribution is 0.102. The van der Waals surface area contributed by atoms with Crippen LogP contribution in [0.3, 0.4) is 0 Å². The van der Waals surface area contributed by atoms with Crippen molar-refractivity contribution in [3.8, 4) is 11.3 Å². The number of carbonyl (C=O) groups is 1. The number of carbonyl (C=O) groups excluding carboxylic acids is 1. The topological polar surface area (TPSA) is 46.9 Å². The van der Waals surface area contributed by atoms with E-state index in [0.29, 0.717) is 10.5 Å². The van der Waals surface area contributed by atoms with Gasteiger partial charge in [-0.3, -0.25) is 9.48 Å². The smallest absolute Gasteiger partial charge is 0.259 e. The van der Waals surface area contributed by atoms with Crippen molar-refractivity contribution in [2.75, 3.05) is 5.32 Å². The van der Waals surface area contributed by atoms with Crippen LogP contribution < -0.4 is 5.32 Å². The fraction of sp³-hybridized carbons (Fsp3) is 0.0588. The third-order valence-corrected chi connectivity index (χ3v) is 3.93. The Labute approximate surface area is 149 Å². The maximum atomic E-state index is 14.0. The van der Waals surface area contributed by atoms with Gasteiger partial charge in [-0.2, -0.15) is 5.10 Å². The minimum Gasteiger partial charge on any atom is -0.319 e. The lowest BCUT2D eigenvalue weighted by Crippen LogP contribution is -2.13. The summed E-state index contributed by atoms with van der Waals surface area (Å²) in [7, 11) is 1.56. The van der Waals surface area contributed by atoms with E-state index < -0.39 is 23.4 Å². The summed E-state index contributed by atoms with van der Waals surface area (Å²) in [6.07, 6.45) is 1.38. The van der Waals surface area contributed by atoms with Gasteiger partial charge < -0.3 is 5.32 Å². The molecule has 0 aliphatic heterocycles. The average Bonchev–Trinajstić information content (AvgIpc) is 2.92. The van der Waals surface area contributed by atoms with Gasteiger partial charge in [0.15, 0.2) is 0 Å². The highest BCUT2D eigenvalue weighted by Gasteiger charge is 2.21. The highest BCUT2D eigenvalue weighted by molar-refractivity contribution is 9.10. The van der Waals surface area contributed by atoms with Gasteiger partial charge in [-0.25, -0.2) is 13.2 Å². The van der Waals surface area contributed by atoms with Crippen LogP contribution in [0.1, 0.15) is 10.4 Å². The minimum absolute atomic E-state index is 0.0261. The zero-order valence-corrected chi connectivity index (χ0v) is 14.4. The van der Waals surface area contributed by atoms with Crippen molar-refractivity contribution in [2.45, 2.75) is 0 Å². The van der Waals surface area contributed by atoms with Crippen LogP contribution in [-0.4, -0.2) is 15.7 Å². The van der Waals surface area contributed by atoms with Crippen LogP contribution in [0.2, 0.25) is 0 Å². The van der Waals surface area contributed by atoms with Crippen molar-refractivity contribution in [3.63, 3.8) is 0 Å². The fourth-order valence-corrected chi connectivity index (χ4v) is 2.68. The normalized spacial score (nSPS) is 10.8. The summed E-state index contributed by atoms with van der Waals surface area (Å²) in [5, 5.41) is 6.49. The number of anilines is 1. The Morgan fingerprint density at radius 3 is 2.60 bits per heavy atom. The number of hydrogen-bond acceptors (Lipinski definition) is 2. The monoisotopic (exact) mass is 409 g/mol. The van der Waals surface area contributed by atoms with E-state index in [9.17, 15) is 18.0 Å². The Morgan fingerprint density at radius 1 is 1.12 bits per heavy atom. The van der Waals surface area contributed by atoms with Crippen molar-refractivity contribution in [1.29, 1.82) is 0 Å². The summed E-state index contributed by atoms with van der Waals surface area (Å²) in [6, 6.07) is 7.07. The zero-order chi connectivity index (χ0) is 18.1. The molecular formula is C17H11BrF3N3O. The second-order valence-corrected chi connectivity index (χ2v) is 6.18. The first-order valence-electron chi connectivity index (χ1n) is 7.10. The predicted molar refractivity (Wildman–Crippen MR) is 90.6 cm³/mol. The van der Waals surface area contributed by atoms with E-state index in [4.69, 9.17) is 0 Å². The maximum Gasteiger partial charge on any atom is 0.259 e. The molecule has 0 spiro atoms. The van der Waals surface area contributed by atoms with E-state index in [-0.39, 0.29) is 22.5 Å². The number of nitrogens with one attached hydrogen (secondary N) is 1. The van der Waals surface area contributed by atoms with Crippen LogP contribution in [0.25, 0.3) is 11.3 Å². The molecule has 25 heavy (non-hydrogen) atoms. The first-order valence-corrected chi connectivity index (χ1v) is 7.90. The molecule has 0 saturated heterocycles. The molecule has 1 aromatic heterocycles. The van der Waals surface area contributed by atoms with Crippen molar-refractivity contribution in [3.05, 3.63) is 70.1 Å². The summed E-state index contributed by atoms with van der Waals surface area (Å²) in [4.78, 5) is 12.5. The molecular weight excluding hydrogens is 399 g/mol. The summed E-state index contributed by atoms with van der Waals surface area (Å²) >= 11 is 3.19. The summed E-state index contributed by atoms with van der Waals surface area (Å²) in [5.74, 6) is -2.86. The predicted octanol–water partition coefficient (Wildman–Crippen LogP) is 4.52. The minimum atomic E-state index is -0.846.